The van der Waals surface area contributed by atoms with Crippen LogP contribution in [0.3, 0.4) is 0 Å². The van der Waals surface area contributed by atoms with E-state index >= 15 is 0 Å². The Kier molecular flexibility index (Phi) is 6.80. The molecule has 0 aliphatic carbocycles. The highest BCUT2D eigenvalue weighted by Crippen LogP contribution is 2.24. The molecule has 2 heterocycles. The molecule has 0 bridgehead atoms. The second kappa shape index (κ2) is 9.30. The molecule has 1 aromatic heterocycles. The molecule has 2 aromatic rings. The lowest BCUT2D eigenvalue weighted by Crippen LogP contribution is -2.43. The first-order valence-electron chi connectivity index (χ1n) is 9.35. The Morgan fingerprint density at radius 2 is 2.14 bits per heavy atom. The largest absolute Gasteiger partial charge is 0.351 e. The number of anilines is 1. The highest BCUT2D eigenvalue weighted by molar-refractivity contribution is 6.31. The lowest BCUT2D eigenvalue weighted by Gasteiger charge is -2.29. The van der Waals surface area contributed by atoms with Gasteiger partial charge in [-0.3, -0.25) is 9.69 Å². The Morgan fingerprint density at radius 3 is 2.86 bits per heavy atom. The van der Waals surface area contributed by atoms with Crippen LogP contribution in [0.4, 0.5) is 10.2 Å². The summed E-state index contributed by atoms with van der Waals surface area (Å²) < 4.78 is 14.0. The normalized spacial score (nSPS) is 16.6. The molecule has 1 saturated heterocycles. The van der Waals surface area contributed by atoms with E-state index in [4.69, 9.17) is 11.6 Å². The van der Waals surface area contributed by atoms with Gasteiger partial charge in [-0.1, -0.05) is 17.7 Å². The predicted molar refractivity (Wildman–Crippen MR) is 108 cm³/mol. The minimum Gasteiger partial charge on any atom is -0.351 e. The van der Waals surface area contributed by atoms with E-state index in [1.807, 2.05) is 24.1 Å². The van der Waals surface area contributed by atoms with E-state index < -0.39 is 5.82 Å². The number of carbonyl (C=O) groups excluding carboxylic acids is 1. The maximum atomic E-state index is 14.0. The molecule has 0 spiro atoms. The maximum absolute atomic E-state index is 14.0. The Hall–Kier alpha value is -2.25. The Labute approximate surface area is 169 Å². The van der Waals surface area contributed by atoms with Crippen molar-refractivity contribution in [3.63, 3.8) is 0 Å². The first-order valence-corrected chi connectivity index (χ1v) is 9.73. The van der Waals surface area contributed by atoms with Gasteiger partial charge in [0.15, 0.2) is 5.82 Å². The molecule has 1 atom stereocenters. The van der Waals surface area contributed by atoms with Gasteiger partial charge in [0.05, 0.1) is 6.54 Å². The van der Waals surface area contributed by atoms with Crippen molar-refractivity contribution in [2.24, 2.45) is 0 Å². The van der Waals surface area contributed by atoms with Crippen LogP contribution in [0.25, 0.3) is 0 Å². The lowest BCUT2D eigenvalue weighted by molar-refractivity contribution is -0.131. The van der Waals surface area contributed by atoms with E-state index in [-0.39, 0.29) is 19.0 Å². The van der Waals surface area contributed by atoms with Gasteiger partial charge in [0.25, 0.3) is 0 Å². The van der Waals surface area contributed by atoms with E-state index in [1.165, 1.54) is 11.0 Å². The molecule has 1 aliphatic heterocycles. The SMILES string of the molecule is CN(CC(=O)N(C)Cc1c(F)cccc1Cl)CC1CCCN1c1cccnn1. The lowest BCUT2D eigenvalue weighted by atomic mass is 10.2. The van der Waals surface area contributed by atoms with Crippen molar-refractivity contribution in [1.29, 1.82) is 0 Å². The van der Waals surface area contributed by atoms with Crippen LogP contribution in [0.5, 0.6) is 0 Å². The number of halogens is 2. The molecule has 1 aromatic carbocycles. The molecule has 1 fully saturated rings. The molecule has 0 radical (unpaired) electrons. The number of nitrogens with zero attached hydrogens (tertiary/aromatic N) is 5. The molecule has 8 heteroatoms. The van der Waals surface area contributed by atoms with Crippen LogP contribution >= 0.6 is 11.6 Å². The number of rotatable bonds is 7. The van der Waals surface area contributed by atoms with Gasteiger partial charge in [-0.2, -0.15) is 5.10 Å². The monoisotopic (exact) mass is 405 g/mol. The topological polar surface area (TPSA) is 52.6 Å². The molecule has 1 amide bonds. The van der Waals surface area contributed by atoms with E-state index in [9.17, 15) is 9.18 Å². The average molecular weight is 406 g/mol. The highest BCUT2D eigenvalue weighted by Gasteiger charge is 2.27. The average Bonchev–Trinajstić information content (AvgIpc) is 3.13. The second-order valence-corrected chi connectivity index (χ2v) is 7.63. The van der Waals surface area contributed by atoms with Crippen LogP contribution in [0.1, 0.15) is 18.4 Å². The van der Waals surface area contributed by atoms with Crippen molar-refractivity contribution >= 4 is 23.3 Å². The van der Waals surface area contributed by atoms with Crippen LogP contribution in [0.15, 0.2) is 36.5 Å². The third kappa shape index (κ3) is 4.97. The highest BCUT2D eigenvalue weighted by atomic mass is 35.5. The van der Waals surface area contributed by atoms with Gasteiger partial charge in [0, 0.05) is 49.5 Å². The van der Waals surface area contributed by atoms with Gasteiger partial charge in [-0.05, 0) is 44.2 Å². The van der Waals surface area contributed by atoms with Crippen molar-refractivity contribution in [3.05, 3.63) is 52.9 Å². The molecule has 1 aliphatic rings. The van der Waals surface area contributed by atoms with E-state index in [0.717, 1.165) is 31.7 Å². The zero-order chi connectivity index (χ0) is 20.1. The molecular weight excluding hydrogens is 381 g/mol. The van der Waals surface area contributed by atoms with Crippen LogP contribution < -0.4 is 4.90 Å². The van der Waals surface area contributed by atoms with Gasteiger partial charge < -0.3 is 9.80 Å². The number of hydrogen-bond donors (Lipinski definition) is 0. The zero-order valence-corrected chi connectivity index (χ0v) is 16.9. The van der Waals surface area contributed by atoms with Crippen LogP contribution in [-0.4, -0.2) is 65.7 Å². The standard InChI is InChI=1S/C20H25ClFN5O/c1-25(12-15-6-5-11-27(15)19-9-4-10-23-24-19)14-20(28)26(2)13-16-17(21)7-3-8-18(16)22/h3-4,7-10,15H,5-6,11-14H2,1-2H3. The number of aromatic nitrogens is 2. The van der Waals surface area contributed by atoms with Crippen molar-refractivity contribution in [3.8, 4) is 0 Å². The summed E-state index contributed by atoms with van der Waals surface area (Å²) in [5, 5.41) is 8.50. The van der Waals surface area contributed by atoms with Crippen molar-refractivity contribution < 1.29 is 9.18 Å². The summed E-state index contributed by atoms with van der Waals surface area (Å²) in [6.45, 7) is 2.09. The van der Waals surface area contributed by atoms with Crippen molar-refractivity contribution in [1.82, 2.24) is 20.0 Å². The first-order chi connectivity index (χ1) is 13.5. The fraction of sp³-hybridized carbons (Fsp3) is 0.450. The molecule has 6 nitrogen and oxygen atoms in total. The molecule has 150 valence electrons. The quantitative estimate of drug-likeness (QED) is 0.709. The summed E-state index contributed by atoms with van der Waals surface area (Å²) in [5.74, 6) is 0.396. The van der Waals surface area contributed by atoms with Crippen molar-refractivity contribution in [2.75, 3.05) is 38.6 Å². The third-order valence-electron chi connectivity index (χ3n) is 5.04. The molecule has 3 rings (SSSR count). The molecule has 0 N–H and O–H groups in total. The Bertz CT molecular complexity index is 786. The Morgan fingerprint density at radius 1 is 1.32 bits per heavy atom. The van der Waals surface area contributed by atoms with Crippen LogP contribution in [-0.2, 0) is 11.3 Å². The summed E-state index contributed by atoms with van der Waals surface area (Å²) in [7, 11) is 3.59. The van der Waals surface area contributed by atoms with Gasteiger partial charge in [0.1, 0.15) is 5.82 Å². The third-order valence-corrected chi connectivity index (χ3v) is 5.39. The van der Waals surface area contributed by atoms with Gasteiger partial charge in [-0.25, -0.2) is 4.39 Å². The summed E-state index contributed by atoms with van der Waals surface area (Å²) >= 11 is 6.07. The molecular formula is C20H25ClFN5O. The maximum Gasteiger partial charge on any atom is 0.236 e. The van der Waals surface area contributed by atoms with Gasteiger partial charge in [0.2, 0.25) is 5.91 Å². The number of likely N-dealkylation sites (N-methyl/N-ethyl adjacent to an activating group) is 2. The molecule has 1 unspecified atom stereocenters. The first kappa shape index (κ1) is 20.5. The summed E-state index contributed by atoms with van der Waals surface area (Å²) in [4.78, 5) is 18.3. The number of hydrogen-bond acceptors (Lipinski definition) is 5. The van der Waals surface area contributed by atoms with E-state index in [1.54, 1.807) is 25.4 Å². The Balaban J connectivity index is 1.55. The summed E-state index contributed by atoms with van der Waals surface area (Å²) in [5.41, 5.74) is 0.340. The smallest absolute Gasteiger partial charge is 0.236 e. The van der Waals surface area contributed by atoms with Crippen molar-refractivity contribution in [2.45, 2.75) is 25.4 Å². The zero-order valence-electron chi connectivity index (χ0n) is 16.2. The summed E-state index contributed by atoms with van der Waals surface area (Å²) in [6.07, 6.45) is 3.81. The second-order valence-electron chi connectivity index (χ2n) is 7.22. The number of benzene rings is 1. The van der Waals surface area contributed by atoms with Crippen LogP contribution in [0.2, 0.25) is 5.02 Å². The number of amides is 1. The number of carbonyl (C=O) groups is 1. The van der Waals surface area contributed by atoms with E-state index in [2.05, 4.69) is 15.1 Å². The summed E-state index contributed by atoms with van der Waals surface area (Å²) in [6, 6.07) is 8.68. The van der Waals surface area contributed by atoms with E-state index in [0.29, 0.717) is 16.6 Å². The predicted octanol–water partition coefficient (Wildman–Crippen LogP) is 2.83. The molecule has 0 saturated carbocycles. The minimum absolute atomic E-state index is 0.0779. The fourth-order valence-corrected chi connectivity index (χ4v) is 3.78. The minimum atomic E-state index is -0.397. The van der Waals surface area contributed by atoms with Gasteiger partial charge in [-0.15, -0.1) is 5.10 Å². The fourth-order valence-electron chi connectivity index (χ4n) is 3.56. The van der Waals surface area contributed by atoms with Gasteiger partial charge >= 0.3 is 0 Å². The molecule has 28 heavy (non-hydrogen) atoms. The van der Waals surface area contributed by atoms with Crippen LogP contribution in [0, 0.1) is 5.82 Å².